The summed E-state index contributed by atoms with van der Waals surface area (Å²) in [7, 11) is 0. The average Bonchev–Trinajstić information content (AvgIpc) is 2.75. The number of hydrogen-bond acceptors (Lipinski definition) is 2. The molecule has 4 heteroatoms. The monoisotopic (exact) mass is 298 g/mol. The van der Waals surface area contributed by atoms with Crippen molar-refractivity contribution < 1.29 is 9.59 Å². The average molecular weight is 298 g/mol. The number of nitrogens with zero attached hydrogens (tertiary/aromatic N) is 1. The normalized spacial score (nSPS) is 21.9. The number of rotatable bonds is 1. The largest absolute Gasteiger partial charge is 0.329 e. The predicted molar refractivity (Wildman–Crippen MR) is 85.3 cm³/mol. The zero-order valence-corrected chi connectivity index (χ0v) is 13.4. The highest BCUT2D eigenvalue weighted by molar-refractivity contribution is 6.02. The maximum Gasteiger partial charge on any atom is 0.255 e. The molecule has 1 fully saturated rings. The van der Waals surface area contributed by atoms with Crippen molar-refractivity contribution in [1.82, 2.24) is 10.2 Å². The molecular weight excluding hydrogens is 276 g/mol. The van der Waals surface area contributed by atoms with Gasteiger partial charge in [0.1, 0.15) is 6.04 Å². The minimum Gasteiger partial charge on any atom is -0.329 e. The van der Waals surface area contributed by atoms with E-state index in [2.05, 4.69) is 32.7 Å². The maximum absolute atomic E-state index is 12.9. The van der Waals surface area contributed by atoms with Crippen LogP contribution in [0, 0.1) is 0 Å². The van der Waals surface area contributed by atoms with Crippen LogP contribution in [0.25, 0.3) is 0 Å². The third-order valence-corrected chi connectivity index (χ3v) is 4.47. The van der Waals surface area contributed by atoms with Gasteiger partial charge >= 0.3 is 0 Å². The van der Waals surface area contributed by atoms with Crippen molar-refractivity contribution in [2.75, 3.05) is 0 Å². The number of carbonyl (C=O) groups excluding carboxylic acids is 2. The first kappa shape index (κ1) is 14.8. The molecule has 0 aliphatic carbocycles. The molecule has 4 nitrogen and oxygen atoms in total. The summed E-state index contributed by atoms with van der Waals surface area (Å²) >= 11 is 0. The van der Waals surface area contributed by atoms with Gasteiger partial charge in [-0.3, -0.25) is 9.59 Å². The molecule has 2 aliphatic heterocycles. The first-order valence-electron chi connectivity index (χ1n) is 7.71. The summed E-state index contributed by atoms with van der Waals surface area (Å²) < 4.78 is 0. The predicted octanol–water partition coefficient (Wildman–Crippen LogP) is 2.73. The van der Waals surface area contributed by atoms with Crippen LogP contribution in [0.3, 0.4) is 0 Å². The van der Waals surface area contributed by atoms with Gasteiger partial charge in [-0.25, -0.2) is 0 Å². The topological polar surface area (TPSA) is 49.4 Å². The van der Waals surface area contributed by atoms with Gasteiger partial charge in [0, 0.05) is 17.8 Å². The minimum absolute atomic E-state index is 0.0202. The number of piperidine rings is 1. The summed E-state index contributed by atoms with van der Waals surface area (Å²) in [6, 6.07) is 5.61. The van der Waals surface area contributed by atoms with E-state index >= 15 is 0 Å². The van der Waals surface area contributed by atoms with E-state index < -0.39 is 6.04 Å². The molecule has 3 rings (SSSR count). The summed E-state index contributed by atoms with van der Waals surface area (Å²) in [4.78, 5) is 26.8. The van der Waals surface area contributed by atoms with Crippen molar-refractivity contribution in [2.24, 2.45) is 0 Å². The maximum atomic E-state index is 12.9. The Kier molecular flexibility index (Phi) is 3.35. The number of hydrogen-bond donors (Lipinski definition) is 1. The number of amides is 2. The lowest BCUT2D eigenvalue weighted by Gasteiger charge is -2.31. The highest BCUT2D eigenvalue weighted by Crippen LogP contribution is 2.35. The molecule has 116 valence electrons. The van der Waals surface area contributed by atoms with Crippen LogP contribution in [0.4, 0.5) is 0 Å². The number of carbonyl (C=O) groups is 2. The van der Waals surface area contributed by atoms with E-state index in [0.717, 1.165) is 28.8 Å². The standard InChI is InChI=1S/C18H22N2O2/c1-11-8-9-14(16(21)19-11)20-10-12-6-5-7-13(18(2,3)4)15(12)17(20)22/h5-7,14H,1,8-10H2,2-4H3,(H,19,21). The first-order chi connectivity index (χ1) is 10.3. The molecule has 2 amide bonds. The number of allylic oxidation sites excluding steroid dienone is 1. The Bertz CT molecular complexity index is 670. The smallest absolute Gasteiger partial charge is 0.255 e. The quantitative estimate of drug-likeness (QED) is 0.866. The molecule has 1 N–H and O–H groups in total. The summed E-state index contributed by atoms with van der Waals surface area (Å²) in [5, 5.41) is 2.77. The van der Waals surface area contributed by atoms with E-state index in [9.17, 15) is 9.59 Å². The second-order valence-corrected chi connectivity index (χ2v) is 7.17. The van der Waals surface area contributed by atoms with Crippen molar-refractivity contribution in [2.45, 2.75) is 51.6 Å². The Labute approximate surface area is 131 Å². The Morgan fingerprint density at radius 3 is 2.64 bits per heavy atom. The second-order valence-electron chi connectivity index (χ2n) is 7.17. The van der Waals surface area contributed by atoms with Gasteiger partial charge in [-0.2, -0.15) is 0 Å². The fraction of sp³-hybridized carbons (Fsp3) is 0.444. The van der Waals surface area contributed by atoms with E-state index in [1.807, 2.05) is 18.2 Å². The lowest BCUT2D eigenvalue weighted by molar-refractivity contribution is -0.126. The highest BCUT2D eigenvalue weighted by atomic mass is 16.2. The van der Waals surface area contributed by atoms with Crippen LogP contribution in [0.2, 0.25) is 0 Å². The van der Waals surface area contributed by atoms with Gasteiger partial charge in [-0.15, -0.1) is 0 Å². The van der Waals surface area contributed by atoms with Crippen LogP contribution >= 0.6 is 0 Å². The van der Waals surface area contributed by atoms with Gasteiger partial charge in [0.25, 0.3) is 5.91 Å². The van der Waals surface area contributed by atoms with E-state index in [4.69, 9.17) is 0 Å². The van der Waals surface area contributed by atoms with Crippen LogP contribution in [0.5, 0.6) is 0 Å². The lowest BCUT2D eigenvalue weighted by atomic mass is 9.82. The third-order valence-electron chi connectivity index (χ3n) is 4.47. The molecule has 1 unspecified atom stereocenters. The van der Waals surface area contributed by atoms with Crippen molar-refractivity contribution in [1.29, 1.82) is 0 Å². The molecule has 2 aliphatic rings. The molecule has 0 saturated carbocycles. The Morgan fingerprint density at radius 2 is 2.00 bits per heavy atom. The first-order valence-corrected chi connectivity index (χ1v) is 7.71. The van der Waals surface area contributed by atoms with Crippen molar-refractivity contribution in [3.8, 4) is 0 Å². The molecule has 2 heterocycles. The summed E-state index contributed by atoms with van der Waals surface area (Å²) in [5.74, 6) is -0.136. The van der Waals surface area contributed by atoms with Crippen molar-refractivity contribution in [3.05, 3.63) is 47.2 Å². The van der Waals surface area contributed by atoms with Gasteiger partial charge in [0.2, 0.25) is 5.91 Å². The summed E-state index contributed by atoms with van der Waals surface area (Å²) in [6.45, 7) is 10.6. The Morgan fingerprint density at radius 1 is 1.27 bits per heavy atom. The molecule has 1 atom stereocenters. The zero-order chi connectivity index (χ0) is 16.1. The van der Waals surface area contributed by atoms with Gasteiger partial charge in [0.15, 0.2) is 0 Å². The van der Waals surface area contributed by atoms with E-state index in [1.54, 1.807) is 4.90 Å². The fourth-order valence-corrected chi connectivity index (χ4v) is 3.32. The Hall–Kier alpha value is -2.10. The van der Waals surface area contributed by atoms with E-state index in [1.165, 1.54) is 0 Å². The van der Waals surface area contributed by atoms with Gasteiger partial charge in [-0.05, 0) is 29.4 Å². The molecule has 0 bridgehead atoms. The van der Waals surface area contributed by atoms with Crippen LogP contribution in [-0.4, -0.2) is 22.8 Å². The molecule has 0 aromatic heterocycles. The summed E-state index contributed by atoms with van der Waals surface area (Å²) in [6.07, 6.45) is 1.37. The minimum atomic E-state index is -0.391. The Balaban J connectivity index is 1.95. The van der Waals surface area contributed by atoms with E-state index in [0.29, 0.717) is 13.0 Å². The van der Waals surface area contributed by atoms with Crippen LogP contribution in [0.15, 0.2) is 30.5 Å². The van der Waals surface area contributed by atoms with Crippen LogP contribution in [-0.2, 0) is 16.8 Å². The number of fused-ring (bicyclic) bond motifs is 1. The molecule has 1 aromatic rings. The second kappa shape index (κ2) is 4.97. The van der Waals surface area contributed by atoms with Crippen molar-refractivity contribution >= 4 is 11.8 Å². The van der Waals surface area contributed by atoms with E-state index in [-0.39, 0.29) is 17.2 Å². The summed E-state index contributed by atoms with van der Waals surface area (Å²) in [5.41, 5.74) is 3.50. The molecular formula is C18H22N2O2. The van der Waals surface area contributed by atoms with Gasteiger partial charge in [-0.1, -0.05) is 45.5 Å². The third kappa shape index (κ3) is 2.32. The molecule has 0 radical (unpaired) electrons. The zero-order valence-electron chi connectivity index (χ0n) is 13.4. The number of benzene rings is 1. The molecule has 0 spiro atoms. The highest BCUT2D eigenvalue weighted by Gasteiger charge is 2.40. The van der Waals surface area contributed by atoms with Crippen LogP contribution in [0.1, 0.15) is 55.1 Å². The molecule has 22 heavy (non-hydrogen) atoms. The fourth-order valence-electron chi connectivity index (χ4n) is 3.32. The van der Waals surface area contributed by atoms with Gasteiger partial charge in [0.05, 0.1) is 0 Å². The van der Waals surface area contributed by atoms with Crippen LogP contribution < -0.4 is 5.32 Å². The molecule has 1 saturated heterocycles. The lowest BCUT2D eigenvalue weighted by Crippen LogP contribution is -2.49. The SMILES string of the molecule is C=C1CCC(N2Cc3cccc(C(C)(C)C)c3C2=O)C(=O)N1. The number of nitrogens with one attached hydrogen (secondary N) is 1. The molecule has 1 aromatic carbocycles. The van der Waals surface area contributed by atoms with Gasteiger partial charge < -0.3 is 10.2 Å². The van der Waals surface area contributed by atoms with Crippen molar-refractivity contribution in [3.63, 3.8) is 0 Å².